The summed E-state index contributed by atoms with van der Waals surface area (Å²) in [7, 11) is 0. The van der Waals surface area contributed by atoms with Crippen LogP contribution in [0.2, 0.25) is 0 Å². The van der Waals surface area contributed by atoms with Gasteiger partial charge in [0.1, 0.15) is 0 Å². The van der Waals surface area contributed by atoms with E-state index in [4.69, 9.17) is 0 Å². The number of hydrogen-bond acceptors (Lipinski definition) is 2. The van der Waals surface area contributed by atoms with E-state index in [9.17, 15) is 4.79 Å². The third-order valence-electron chi connectivity index (χ3n) is 2.61. The van der Waals surface area contributed by atoms with Gasteiger partial charge < -0.3 is 0 Å². The zero-order valence-corrected chi connectivity index (χ0v) is 11.9. The zero-order chi connectivity index (χ0) is 12.4. The monoisotopic (exact) mass is 337 g/mol. The standard InChI is InChI=1S/C14H12INO/c1-9-13(10(2)17)7-8-14(16-9)11-3-5-12(15)6-4-11/h3-8H,1-2H3. The van der Waals surface area contributed by atoms with E-state index >= 15 is 0 Å². The van der Waals surface area contributed by atoms with Crippen LogP contribution in [-0.2, 0) is 0 Å². The lowest BCUT2D eigenvalue weighted by atomic mass is 10.1. The van der Waals surface area contributed by atoms with Gasteiger partial charge in [-0.15, -0.1) is 0 Å². The number of carbonyl (C=O) groups excluding carboxylic acids is 1. The first-order chi connectivity index (χ1) is 8.08. The van der Waals surface area contributed by atoms with Gasteiger partial charge in [0, 0.05) is 20.4 Å². The minimum absolute atomic E-state index is 0.0594. The highest BCUT2D eigenvalue weighted by Crippen LogP contribution is 2.20. The molecule has 0 N–H and O–H groups in total. The molecular formula is C14H12INO. The molecule has 0 bridgehead atoms. The molecule has 0 unspecified atom stereocenters. The Balaban J connectivity index is 2.44. The smallest absolute Gasteiger partial charge is 0.161 e. The number of pyridine rings is 1. The summed E-state index contributed by atoms with van der Waals surface area (Å²) in [6, 6.07) is 11.9. The summed E-state index contributed by atoms with van der Waals surface area (Å²) in [6.07, 6.45) is 0. The van der Waals surface area contributed by atoms with Crippen LogP contribution in [0.1, 0.15) is 23.0 Å². The Morgan fingerprint density at radius 1 is 1.12 bits per heavy atom. The molecule has 3 heteroatoms. The number of rotatable bonds is 2. The van der Waals surface area contributed by atoms with Crippen molar-refractivity contribution in [1.29, 1.82) is 0 Å². The third kappa shape index (κ3) is 2.72. The van der Waals surface area contributed by atoms with Gasteiger partial charge in [-0.1, -0.05) is 12.1 Å². The van der Waals surface area contributed by atoms with Gasteiger partial charge in [0.2, 0.25) is 0 Å². The topological polar surface area (TPSA) is 30.0 Å². The lowest BCUT2D eigenvalue weighted by Gasteiger charge is -2.05. The highest BCUT2D eigenvalue weighted by Gasteiger charge is 2.07. The number of aryl methyl sites for hydroxylation is 1. The van der Waals surface area contributed by atoms with Crippen molar-refractivity contribution >= 4 is 28.4 Å². The molecule has 17 heavy (non-hydrogen) atoms. The molecule has 0 amide bonds. The summed E-state index contributed by atoms with van der Waals surface area (Å²) in [4.78, 5) is 15.8. The fraction of sp³-hybridized carbons (Fsp3) is 0.143. The second kappa shape index (κ2) is 4.96. The molecule has 1 aromatic carbocycles. The molecule has 2 nitrogen and oxygen atoms in total. The first kappa shape index (κ1) is 12.2. The van der Waals surface area contributed by atoms with Crippen LogP contribution < -0.4 is 0 Å². The van der Waals surface area contributed by atoms with Gasteiger partial charge in [-0.2, -0.15) is 0 Å². The van der Waals surface area contributed by atoms with E-state index in [0.717, 1.165) is 17.0 Å². The van der Waals surface area contributed by atoms with Crippen molar-refractivity contribution in [1.82, 2.24) is 4.98 Å². The van der Waals surface area contributed by atoms with Gasteiger partial charge in [0.25, 0.3) is 0 Å². The summed E-state index contributed by atoms with van der Waals surface area (Å²) in [5.41, 5.74) is 3.46. The average molecular weight is 337 g/mol. The third-order valence-corrected chi connectivity index (χ3v) is 3.32. The van der Waals surface area contributed by atoms with Gasteiger partial charge in [0.15, 0.2) is 5.78 Å². The van der Waals surface area contributed by atoms with E-state index in [0.29, 0.717) is 5.56 Å². The molecule has 0 saturated heterocycles. The van der Waals surface area contributed by atoms with Gasteiger partial charge >= 0.3 is 0 Å². The van der Waals surface area contributed by atoms with Crippen molar-refractivity contribution in [3.05, 3.63) is 51.2 Å². The number of ketones is 1. The maximum Gasteiger partial charge on any atom is 0.161 e. The molecule has 1 aromatic heterocycles. The van der Waals surface area contributed by atoms with E-state index in [1.54, 1.807) is 6.92 Å². The molecule has 0 radical (unpaired) electrons. The van der Waals surface area contributed by atoms with Crippen molar-refractivity contribution in [3.63, 3.8) is 0 Å². The molecule has 0 aliphatic rings. The Morgan fingerprint density at radius 3 is 2.29 bits per heavy atom. The summed E-state index contributed by atoms with van der Waals surface area (Å²) in [6.45, 7) is 3.43. The van der Waals surface area contributed by atoms with Gasteiger partial charge in [-0.3, -0.25) is 9.78 Å². The van der Waals surface area contributed by atoms with Crippen molar-refractivity contribution in [2.24, 2.45) is 0 Å². The number of hydrogen-bond donors (Lipinski definition) is 0. The molecule has 86 valence electrons. The highest BCUT2D eigenvalue weighted by atomic mass is 127. The largest absolute Gasteiger partial charge is 0.294 e. The Morgan fingerprint density at radius 2 is 1.76 bits per heavy atom. The van der Waals surface area contributed by atoms with Crippen LogP contribution in [0.25, 0.3) is 11.3 Å². The van der Waals surface area contributed by atoms with Crippen molar-refractivity contribution < 1.29 is 4.79 Å². The number of Topliss-reactive ketones (excluding diaryl/α,β-unsaturated/α-hetero) is 1. The summed E-state index contributed by atoms with van der Waals surface area (Å²) in [5, 5.41) is 0. The number of benzene rings is 1. The van der Waals surface area contributed by atoms with Crippen LogP contribution in [0.4, 0.5) is 0 Å². The summed E-state index contributed by atoms with van der Waals surface area (Å²) < 4.78 is 1.20. The Labute approximate surface area is 114 Å². The summed E-state index contributed by atoms with van der Waals surface area (Å²) in [5.74, 6) is 0.0594. The Bertz CT molecular complexity index is 561. The second-order valence-electron chi connectivity index (χ2n) is 3.89. The van der Waals surface area contributed by atoms with Crippen LogP contribution in [-0.4, -0.2) is 10.8 Å². The average Bonchev–Trinajstić information content (AvgIpc) is 2.29. The minimum Gasteiger partial charge on any atom is -0.294 e. The van der Waals surface area contributed by atoms with E-state index in [-0.39, 0.29) is 5.78 Å². The molecule has 2 aromatic rings. The van der Waals surface area contributed by atoms with Crippen LogP contribution >= 0.6 is 22.6 Å². The summed E-state index contributed by atoms with van der Waals surface area (Å²) >= 11 is 2.27. The Hall–Kier alpha value is -1.23. The molecular weight excluding hydrogens is 325 g/mol. The maximum absolute atomic E-state index is 11.3. The second-order valence-corrected chi connectivity index (χ2v) is 5.14. The van der Waals surface area contributed by atoms with Gasteiger partial charge in [0.05, 0.1) is 5.69 Å². The van der Waals surface area contributed by atoms with Crippen LogP contribution in [0.15, 0.2) is 36.4 Å². The van der Waals surface area contributed by atoms with E-state index < -0.39 is 0 Å². The number of nitrogens with zero attached hydrogens (tertiary/aromatic N) is 1. The first-order valence-corrected chi connectivity index (χ1v) is 6.40. The molecule has 0 atom stereocenters. The predicted molar refractivity (Wildman–Crippen MR) is 77.1 cm³/mol. The van der Waals surface area contributed by atoms with E-state index in [1.165, 1.54) is 3.57 Å². The highest BCUT2D eigenvalue weighted by molar-refractivity contribution is 14.1. The zero-order valence-electron chi connectivity index (χ0n) is 9.70. The van der Waals surface area contributed by atoms with Crippen LogP contribution in [0.5, 0.6) is 0 Å². The quantitative estimate of drug-likeness (QED) is 0.615. The first-order valence-electron chi connectivity index (χ1n) is 5.32. The predicted octanol–water partition coefficient (Wildman–Crippen LogP) is 3.86. The van der Waals surface area contributed by atoms with Crippen molar-refractivity contribution in [2.75, 3.05) is 0 Å². The molecule has 0 spiro atoms. The molecule has 0 saturated carbocycles. The SMILES string of the molecule is CC(=O)c1ccc(-c2ccc(I)cc2)nc1C. The number of carbonyl (C=O) groups is 1. The normalized spacial score (nSPS) is 10.3. The van der Waals surface area contributed by atoms with Crippen molar-refractivity contribution in [3.8, 4) is 11.3 Å². The van der Waals surface area contributed by atoms with E-state index in [1.807, 2.05) is 43.3 Å². The Kier molecular flexibility index (Phi) is 3.57. The fourth-order valence-corrected chi connectivity index (χ4v) is 2.07. The van der Waals surface area contributed by atoms with Crippen molar-refractivity contribution in [2.45, 2.75) is 13.8 Å². The molecule has 1 heterocycles. The number of halogens is 1. The maximum atomic E-state index is 11.3. The van der Waals surface area contributed by atoms with Gasteiger partial charge in [-0.25, -0.2) is 0 Å². The number of aromatic nitrogens is 1. The molecule has 0 aliphatic carbocycles. The lowest BCUT2D eigenvalue weighted by molar-refractivity contribution is 0.101. The molecule has 2 rings (SSSR count). The van der Waals surface area contributed by atoms with E-state index in [2.05, 4.69) is 27.6 Å². The minimum atomic E-state index is 0.0594. The van der Waals surface area contributed by atoms with Gasteiger partial charge in [-0.05, 0) is 60.7 Å². The van der Waals surface area contributed by atoms with Crippen LogP contribution in [0, 0.1) is 10.5 Å². The molecule has 0 aliphatic heterocycles. The molecule has 0 fully saturated rings. The fourth-order valence-electron chi connectivity index (χ4n) is 1.71. The van der Waals surface area contributed by atoms with Crippen LogP contribution in [0.3, 0.4) is 0 Å². The lowest BCUT2D eigenvalue weighted by Crippen LogP contribution is -1.99.